The maximum absolute atomic E-state index is 11.1. The van der Waals surface area contributed by atoms with Gasteiger partial charge in [0, 0.05) is 12.0 Å². The summed E-state index contributed by atoms with van der Waals surface area (Å²) in [5.41, 5.74) is 6.27. The number of aromatic nitrogens is 2. The van der Waals surface area contributed by atoms with Crippen molar-refractivity contribution < 1.29 is 14.6 Å². The number of hydrogen-bond donors (Lipinski definition) is 2. The van der Waals surface area contributed by atoms with E-state index in [0.717, 1.165) is 5.56 Å². The van der Waals surface area contributed by atoms with Crippen LogP contribution in [0.1, 0.15) is 30.9 Å². The lowest BCUT2D eigenvalue weighted by Gasteiger charge is -2.22. The van der Waals surface area contributed by atoms with Gasteiger partial charge < -0.3 is 15.6 Å². The molecule has 0 saturated carbocycles. The van der Waals surface area contributed by atoms with Crippen LogP contribution in [0, 0.1) is 0 Å². The molecule has 1 aromatic heterocycles. The van der Waals surface area contributed by atoms with Crippen LogP contribution in [0.3, 0.4) is 0 Å². The fraction of sp³-hybridized carbons (Fsp3) is 0.545. The lowest BCUT2D eigenvalue weighted by Crippen LogP contribution is -2.32. The highest BCUT2D eigenvalue weighted by Crippen LogP contribution is 2.26. The molecule has 2 rings (SSSR count). The van der Waals surface area contributed by atoms with Crippen LogP contribution in [0.15, 0.2) is 0 Å². The summed E-state index contributed by atoms with van der Waals surface area (Å²) in [6, 6.07) is 0. The van der Waals surface area contributed by atoms with Gasteiger partial charge in [-0.2, -0.15) is 0 Å². The predicted molar refractivity (Wildman–Crippen MR) is 60.5 cm³/mol. The Bertz CT molecular complexity index is 471. The molecule has 17 heavy (non-hydrogen) atoms. The topological polar surface area (TPSA) is 98.3 Å². The monoisotopic (exact) mass is 237 g/mol. The van der Waals surface area contributed by atoms with Crippen molar-refractivity contribution in [3.05, 3.63) is 17.1 Å². The van der Waals surface area contributed by atoms with Crippen molar-refractivity contribution in [1.29, 1.82) is 0 Å². The molecule has 1 aliphatic rings. The van der Waals surface area contributed by atoms with E-state index in [1.54, 1.807) is 13.8 Å². The molecule has 6 nitrogen and oxygen atoms in total. The molecular formula is C11H15N3O3. The minimum Gasteiger partial charge on any atom is -0.481 e. The maximum atomic E-state index is 11.1. The van der Waals surface area contributed by atoms with Gasteiger partial charge in [0.2, 0.25) is 0 Å². The number of ether oxygens (including phenoxy) is 1. The highest BCUT2D eigenvalue weighted by atomic mass is 16.5. The van der Waals surface area contributed by atoms with Crippen LogP contribution in [-0.2, 0) is 28.0 Å². The summed E-state index contributed by atoms with van der Waals surface area (Å²) in [5.74, 6) is -0.386. The van der Waals surface area contributed by atoms with Crippen LogP contribution in [-0.4, -0.2) is 27.7 Å². The number of anilines is 1. The van der Waals surface area contributed by atoms with Gasteiger partial charge in [0.1, 0.15) is 17.1 Å². The minimum absolute atomic E-state index is 0.228. The average molecular weight is 237 g/mol. The van der Waals surface area contributed by atoms with Crippen LogP contribution < -0.4 is 5.73 Å². The number of fused-ring (bicyclic) bond motifs is 1. The lowest BCUT2D eigenvalue weighted by molar-refractivity contribution is -0.142. The first-order chi connectivity index (χ1) is 7.93. The summed E-state index contributed by atoms with van der Waals surface area (Å²) in [6.45, 7) is 4.08. The van der Waals surface area contributed by atoms with E-state index >= 15 is 0 Å². The Morgan fingerprint density at radius 2 is 2.18 bits per heavy atom. The average Bonchev–Trinajstić information content (AvgIpc) is 2.28. The first-order valence-corrected chi connectivity index (χ1v) is 5.40. The van der Waals surface area contributed by atoms with Crippen molar-refractivity contribution in [2.24, 2.45) is 0 Å². The standard InChI is InChI=1S/C11H15N3O3/c1-11(2,10(15)16)9-13-7-5-17-4-3-6(7)8(12)14-9/h3-5H2,1-2H3,(H,15,16)(H2,12,13,14). The lowest BCUT2D eigenvalue weighted by atomic mass is 9.92. The van der Waals surface area contributed by atoms with E-state index in [4.69, 9.17) is 15.6 Å². The van der Waals surface area contributed by atoms with E-state index in [1.807, 2.05) is 0 Å². The molecule has 0 aromatic carbocycles. The Kier molecular flexibility index (Phi) is 2.74. The van der Waals surface area contributed by atoms with Gasteiger partial charge in [0.15, 0.2) is 0 Å². The molecule has 0 atom stereocenters. The van der Waals surface area contributed by atoms with Crippen molar-refractivity contribution in [2.75, 3.05) is 12.3 Å². The number of aliphatic carboxylic acids is 1. The largest absolute Gasteiger partial charge is 0.481 e. The van der Waals surface area contributed by atoms with E-state index in [9.17, 15) is 4.79 Å². The molecule has 0 spiro atoms. The fourth-order valence-electron chi connectivity index (χ4n) is 1.66. The number of hydrogen-bond acceptors (Lipinski definition) is 5. The number of carbonyl (C=O) groups is 1. The SMILES string of the molecule is CC(C)(C(=O)O)c1nc(N)c2c(n1)COCC2. The van der Waals surface area contributed by atoms with Gasteiger partial charge in [0.05, 0.1) is 18.9 Å². The highest BCUT2D eigenvalue weighted by Gasteiger charge is 2.34. The van der Waals surface area contributed by atoms with Gasteiger partial charge in [-0.3, -0.25) is 4.79 Å². The quantitative estimate of drug-likeness (QED) is 0.776. The van der Waals surface area contributed by atoms with Gasteiger partial charge >= 0.3 is 5.97 Å². The van der Waals surface area contributed by atoms with Crippen molar-refractivity contribution >= 4 is 11.8 Å². The second-order valence-corrected chi connectivity index (χ2v) is 4.59. The summed E-state index contributed by atoms with van der Waals surface area (Å²) in [4.78, 5) is 19.5. The predicted octanol–water partition coefficient (Wildman–Crippen LogP) is 0.494. The number of carboxylic acid groups (broad SMARTS) is 1. The molecule has 0 unspecified atom stereocenters. The zero-order chi connectivity index (χ0) is 12.6. The fourth-order valence-corrected chi connectivity index (χ4v) is 1.66. The van der Waals surface area contributed by atoms with Gasteiger partial charge in [0.25, 0.3) is 0 Å². The van der Waals surface area contributed by atoms with Crippen LogP contribution in [0.25, 0.3) is 0 Å². The highest BCUT2D eigenvalue weighted by molar-refractivity contribution is 5.79. The van der Waals surface area contributed by atoms with Crippen molar-refractivity contribution in [1.82, 2.24) is 9.97 Å². The van der Waals surface area contributed by atoms with Crippen LogP contribution in [0.5, 0.6) is 0 Å². The maximum Gasteiger partial charge on any atom is 0.316 e. The van der Waals surface area contributed by atoms with Crippen LogP contribution >= 0.6 is 0 Å². The number of nitrogens with two attached hydrogens (primary N) is 1. The Hall–Kier alpha value is -1.69. The first kappa shape index (κ1) is 11.8. The smallest absolute Gasteiger partial charge is 0.316 e. The minimum atomic E-state index is -1.15. The number of nitrogen functional groups attached to an aromatic ring is 1. The first-order valence-electron chi connectivity index (χ1n) is 5.40. The second-order valence-electron chi connectivity index (χ2n) is 4.59. The third-order valence-electron chi connectivity index (χ3n) is 2.95. The third kappa shape index (κ3) is 1.95. The van der Waals surface area contributed by atoms with E-state index < -0.39 is 11.4 Å². The van der Waals surface area contributed by atoms with Gasteiger partial charge in [-0.15, -0.1) is 0 Å². The zero-order valence-electron chi connectivity index (χ0n) is 9.86. The molecule has 0 amide bonds. The molecule has 2 heterocycles. The van der Waals surface area contributed by atoms with Crippen molar-refractivity contribution in [3.8, 4) is 0 Å². The van der Waals surface area contributed by atoms with E-state index in [1.165, 1.54) is 0 Å². The molecule has 1 aliphatic heterocycles. The summed E-state index contributed by atoms with van der Waals surface area (Å²) >= 11 is 0. The molecule has 3 N–H and O–H groups in total. The molecule has 92 valence electrons. The molecule has 0 radical (unpaired) electrons. The zero-order valence-corrected chi connectivity index (χ0v) is 9.86. The Morgan fingerprint density at radius 1 is 1.47 bits per heavy atom. The molecule has 0 fully saturated rings. The Labute approximate surface area is 98.8 Å². The summed E-state index contributed by atoms with van der Waals surface area (Å²) < 4.78 is 5.29. The summed E-state index contributed by atoms with van der Waals surface area (Å²) in [5, 5.41) is 9.14. The molecule has 0 bridgehead atoms. The van der Waals surface area contributed by atoms with Crippen LogP contribution in [0.2, 0.25) is 0 Å². The third-order valence-corrected chi connectivity index (χ3v) is 2.95. The van der Waals surface area contributed by atoms with Crippen molar-refractivity contribution in [3.63, 3.8) is 0 Å². The molecule has 1 aromatic rings. The normalized spacial score (nSPS) is 15.4. The molecule has 0 saturated heterocycles. The Morgan fingerprint density at radius 3 is 2.82 bits per heavy atom. The number of carboxylic acids is 1. The number of nitrogens with zero attached hydrogens (tertiary/aromatic N) is 2. The number of rotatable bonds is 2. The van der Waals surface area contributed by atoms with Crippen molar-refractivity contribution in [2.45, 2.75) is 32.3 Å². The van der Waals surface area contributed by atoms with Gasteiger partial charge in [-0.05, 0) is 13.8 Å². The van der Waals surface area contributed by atoms with Gasteiger partial charge in [-0.25, -0.2) is 9.97 Å². The molecular weight excluding hydrogens is 222 g/mol. The van der Waals surface area contributed by atoms with E-state index in [2.05, 4.69) is 9.97 Å². The van der Waals surface area contributed by atoms with Gasteiger partial charge in [-0.1, -0.05) is 0 Å². The van der Waals surface area contributed by atoms with E-state index in [-0.39, 0.29) is 5.82 Å². The Balaban J connectivity index is 2.51. The summed E-state index contributed by atoms with van der Waals surface area (Å²) in [7, 11) is 0. The molecule has 0 aliphatic carbocycles. The molecule has 6 heteroatoms. The van der Waals surface area contributed by atoms with Crippen LogP contribution in [0.4, 0.5) is 5.82 Å². The van der Waals surface area contributed by atoms with E-state index in [0.29, 0.717) is 31.1 Å². The summed E-state index contributed by atoms with van der Waals surface area (Å²) in [6.07, 6.45) is 0.676. The second kappa shape index (κ2) is 3.96.